The molecule has 0 amide bonds. The predicted molar refractivity (Wildman–Crippen MR) is 49.3 cm³/mol. The Morgan fingerprint density at radius 1 is 1.50 bits per heavy atom. The summed E-state index contributed by atoms with van der Waals surface area (Å²) in [5.41, 5.74) is 0.959. The summed E-state index contributed by atoms with van der Waals surface area (Å²) >= 11 is 0. The molecule has 1 rings (SSSR count). The molecule has 0 unspecified atom stereocenters. The van der Waals surface area contributed by atoms with Gasteiger partial charge in [0.15, 0.2) is 11.5 Å². The van der Waals surface area contributed by atoms with Crippen LogP contribution >= 0.6 is 0 Å². The van der Waals surface area contributed by atoms with Crippen molar-refractivity contribution in [3.05, 3.63) is 17.0 Å². The van der Waals surface area contributed by atoms with E-state index < -0.39 is 5.97 Å². The van der Waals surface area contributed by atoms with Crippen molar-refractivity contribution in [3.8, 4) is 0 Å². The highest BCUT2D eigenvalue weighted by Gasteiger charge is 2.20. The van der Waals surface area contributed by atoms with Gasteiger partial charge in [0, 0.05) is 0 Å². The van der Waals surface area contributed by atoms with Gasteiger partial charge in [0.2, 0.25) is 0 Å². The molecule has 0 spiro atoms. The maximum absolute atomic E-state index is 11.3. The molecule has 0 aliphatic carbocycles. The Hall–Kier alpha value is -1.65. The van der Waals surface area contributed by atoms with E-state index in [4.69, 9.17) is 4.74 Å². The minimum absolute atomic E-state index is 0.136. The number of nitrogens with zero attached hydrogens (tertiary/aromatic N) is 1. The molecule has 1 aromatic heterocycles. The molecule has 1 N–H and O–H groups in total. The lowest BCUT2D eigenvalue weighted by molar-refractivity contribution is 0.0516. The zero-order chi connectivity index (χ0) is 10.7. The molecule has 0 fully saturated rings. The highest BCUT2D eigenvalue weighted by molar-refractivity contribution is 6.04. The molecule has 14 heavy (non-hydrogen) atoms. The van der Waals surface area contributed by atoms with Gasteiger partial charge in [0.05, 0.1) is 17.9 Å². The molecule has 0 aliphatic rings. The van der Waals surface area contributed by atoms with Crippen LogP contribution in [0.15, 0.2) is 0 Å². The standard InChI is InChI=1S/C9H12N2O3/c1-4-14-9(13)8-7(6(3)12)5(2)10-11-8/h4H2,1-3H3,(H,10,11). The molecule has 0 saturated heterocycles. The van der Waals surface area contributed by atoms with Gasteiger partial charge < -0.3 is 4.74 Å². The highest BCUT2D eigenvalue weighted by atomic mass is 16.5. The quantitative estimate of drug-likeness (QED) is 0.580. The van der Waals surface area contributed by atoms with E-state index in [9.17, 15) is 9.59 Å². The summed E-state index contributed by atoms with van der Waals surface area (Å²) in [7, 11) is 0. The molecule has 0 radical (unpaired) electrons. The summed E-state index contributed by atoms with van der Waals surface area (Å²) in [6.07, 6.45) is 0. The number of aromatic nitrogens is 2. The zero-order valence-electron chi connectivity index (χ0n) is 8.38. The summed E-state index contributed by atoms with van der Waals surface area (Å²) < 4.78 is 4.77. The number of carbonyl (C=O) groups is 2. The van der Waals surface area contributed by atoms with Crippen molar-refractivity contribution in [2.45, 2.75) is 20.8 Å². The van der Waals surface area contributed by atoms with Gasteiger partial charge >= 0.3 is 5.97 Å². The van der Waals surface area contributed by atoms with Crippen molar-refractivity contribution < 1.29 is 14.3 Å². The first-order chi connectivity index (χ1) is 6.57. The Kier molecular flexibility index (Phi) is 3.01. The predicted octanol–water partition coefficient (Wildman–Crippen LogP) is 1.10. The Balaban J connectivity index is 3.09. The van der Waals surface area contributed by atoms with E-state index in [0.29, 0.717) is 11.3 Å². The number of ketones is 1. The van der Waals surface area contributed by atoms with Crippen LogP contribution in [0.3, 0.4) is 0 Å². The normalized spacial score (nSPS) is 9.93. The van der Waals surface area contributed by atoms with Crippen LogP contribution in [0, 0.1) is 6.92 Å². The number of esters is 1. The summed E-state index contributed by atoms with van der Waals surface area (Å²) in [6.45, 7) is 5.03. The van der Waals surface area contributed by atoms with Crippen molar-refractivity contribution in [1.82, 2.24) is 10.2 Å². The lowest BCUT2D eigenvalue weighted by Gasteiger charge is -2.00. The number of ether oxygens (including phenoxy) is 1. The molecule has 0 atom stereocenters. The fraction of sp³-hybridized carbons (Fsp3) is 0.444. The summed E-state index contributed by atoms with van der Waals surface area (Å²) in [6, 6.07) is 0. The number of aromatic amines is 1. The number of carbonyl (C=O) groups excluding carboxylic acids is 2. The number of rotatable bonds is 3. The van der Waals surface area contributed by atoms with E-state index in [1.165, 1.54) is 6.92 Å². The van der Waals surface area contributed by atoms with Gasteiger partial charge in [-0.2, -0.15) is 5.10 Å². The first-order valence-electron chi connectivity index (χ1n) is 4.31. The molecule has 1 aromatic rings. The Bertz CT molecular complexity index is 368. The van der Waals surface area contributed by atoms with E-state index in [-0.39, 0.29) is 18.1 Å². The van der Waals surface area contributed by atoms with Gasteiger partial charge in [-0.25, -0.2) is 4.79 Å². The third-order valence-electron chi connectivity index (χ3n) is 1.78. The molecule has 5 nitrogen and oxygen atoms in total. The number of aryl methyl sites for hydroxylation is 1. The fourth-order valence-electron chi connectivity index (χ4n) is 1.21. The van der Waals surface area contributed by atoms with Gasteiger partial charge in [-0.3, -0.25) is 9.89 Å². The number of H-pyrrole nitrogens is 1. The SMILES string of the molecule is CCOC(=O)c1[nH]nc(C)c1C(C)=O. The summed E-state index contributed by atoms with van der Waals surface area (Å²) in [5, 5.41) is 6.29. The molecule has 0 bridgehead atoms. The summed E-state index contributed by atoms with van der Waals surface area (Å²) in [4.78, 5) is 22.5. The van der Waals surface area contributed by atoms with Crippen LogP contribution in [0.1, 0.15) is 40.4 Å². The number of hydrogen-bond donors (Lipinski definition) is 1. The first kappa shape index (κ1) is 10.4. The highest BCUT2D eigenvalue weighted by Crippen LogP contribution is 2.12. The topological polar surface area (TPSA) is 72.1 Å². The van der Waals surface area contributed by atoms with Crippen molar-refractivity contribution in [1.29, 1.82) is 0 Å². The Morgan fingerprint density at radius 2 is 2.14 bits per heavy atom. The second-order valence-corrected chi connectivity index (χ2v) is 2.84. The van der Waals surface area contributed by atoms with Gasteiger partial charge in [-0.05, 0) is 20.8 Å². The lowest BCUT2D eigenvalue weighted by Crippen LogP contribution is -2.10. The van der Waals surface area contributed by atoms with Gasteiger partial charge in [0.1, 0.15) is 0 Å². The van der Waals surface area contributed by atoms with Gasteiger partial charge in [-0.1, -0.05) is 0 Å². The van der Waals surface area contributed by atoms with Crippen LogP contribution in [0.5, 0.6) is 0 Å². The Labute approximate surface area is 81.5 Å². The molecule has 76 valence electrons. The van der Waals surface area contributed by atoms with Crippen molar-refractivity contribution in [2.24, 2.45) is 0 Å². The minimum atomic E-state index is -0.543. The molecular weight excluding hydrogens is 184 g/mol. The molecular formula is C9H12N2O3. The van der Waals surface area contributed by atoms with Crippen molar-refractivity contribution in [3.63, 3.8) is 0 Å². The Morgan fingerprint density at radius 3 is 2.64 bits per heavy atom. The van der Waals surface area contributed by atoms with E-state index in [0.717, 1.165) is 0 Å². The molecule has 1 heterocycles. The number of Topliss-reactive ketones (excluding diaryl/α,β-unsaturated/α-hetero) is 1. The van der Waals surface area contributed by atoms with Crippen LogP contribution in [-0.2, 0) is 4.74 Å². The van der Waals surface area contributed by atoms with E-state index >= 15 is 0 Å². The monoisotopic (exact) mass is 196 g/mol. The zero-order valence-corrected chi connectivity index (χ0v) is 8.38. The van der Waals surface area contributed by atoms with Crippen molar-refractivity contribution in [2.75, 3.05) is 6.61 Å². The van der Waals surface area contributed by atoms with Gasteiger partial charge in [0.25, 0.3) is 0 Å². The maximum atomic E-state index is 11.3. The van der Waals surface area contributed by atoms with Crippen LogP contribution in [0.2, 0.25) is 0 Å². The van der Waals surface area contributed by atoms with E-state index in [1.807, 2.05) is 0 Å². The smallest absolute Gasteiger partial charge is 0.357 e. The summed E-state index contributed by atoms with van der Waals surface area (Å²) in [5.74, 6) is -0.738. The molecule has 5 heteroatoms. The van der Waals surface area contributed by atoms with Gasteiger partial charge in [-0.15, -0.1) is 0 Å². The molecule has 0 aromatic carbocycles. The van der Waals surface area contributed by atoms with Crippen LogP contribution in [0.25, 0.3) is 0 Å². The molecule has 0 saturated carbocycles. The largest absolute Gasteiger partial charge is 0.461 e. The van der Waals surface area contributed by atoms with E-state index in [2.05, 4.69) is 10.2 Å². The van der Waals surface area contributed by atoms with Crippen molar-refractivity contribution >= 4 is 11.8 Å². The number of nitrogens with one attached hydrogen (secondary N) is 1. The third kappa shape index (κ3) is 1.81. The lowest BCUT2D eigenvalue weighted by atomic mass is 10.1. The van der Waals surface area contributed by atoms with Crippen LogP contribution < -0.4 is 0 Å². The first-order valence-corrected chi connectivity index (χ1v) is 4.31. The van der Waals surface area contributed by atoms with Crippen LogP contribution in [-0.4, -0.2) is 28.6 Å². The van der Waals surface area contributed by atoms with Crippen LogP contribution in [0.4, 0.5) is 0 Å². The minimum Gasteiger partial charge on any atom is -0.461 e. The third-order valence-corrected chi connectivity index (χ3v) is 1.78. The fourth-order valence-corrected chi connectivity index (χ4v) is 1.21. The number of hydrogen-bond acceptors (Lipinski definition) is 4. The second-order valence-electron chi connectivity index (χ2n) is 2.84. The molecule has 0 aliphatic heterocycles. The van der Waals surface area contributed by atoms with E-state index in [1.54, 1.807) is 13.8 Å². The maximum Gasteiger partial charge on any atom is 0.357 e. The average molecular weight is 196 g/mol. The average Bonchev–Trinajstić information content (AvgIpc) is 2.47. The second kappa shape index (κ2) is 4.04.